The Kier molecular flexibility index (Phi) is 1.90. The van der Waals surface area contributed by atoms with Crippen molar-refractivity contribution in [3.8, 4) is 12.4 Å². The van der Waals surface area contributed by atoms with Crippen LogP contribution in [0.15, 0.2) is 0 Å². The second-order valence-electron chi connectivity index (χ2n) is 0.874. The van der Waals surface area contributed by atoms with Crippen LogP contribution in [-0.4, -0.2) is 10.9 Å². The molecule has 0 aliphatic rings. The number of carbonyl (C=O) groups is 1. The van der Waals surface area contributed by atoms with E-state index in [1.54, 1.807) is 0 Å². The molecule has 5 heteroatoms. The molecule has 0 saturated carbocycles. The summed E-state index contributed by atoms with van der Waals surface area (Å²) in [4.78, 5) is 10.0. The topological polar surface area (TPSA) is 93.9 Å². The molecule has 40 valence electrons. The third-order valence-electron chi connectivity index (χ3n) is 0.420. The first-order valence-corrected chi connectivity index (χ1v) is 1.61. The maximum atomic E-state index is 9.86. The molecule has 0 aromatic rings. The Morgan fingerprint density at radius 1 is 1.50 bits per heavy atom. The summed E-state index contributed by atoms with van der Waals surface area (Å²) >= 11 is 0. The SMILES string of the molecule is N#CN(C#N)C(N)=O. The minimum absolute atomic E-state index is 0.167. The molecule has 0 atom stereocenters. The molecule has 0 rings (SSSR count). The molecule has 0 aromatic heterocycles. The van der Waals surface area contributed by atoms with E-state index in [9.17, 15) is 4.79 Å². The molecule has 0 heterocycles. The average molecular weight is 110 g/mol. The second-order valence-corrected chi connectivity index (χ2v) is 0.874. The highest BCUT2D eigenvalue weighted by Gasteiger charge is 2.03. The molecule has 0 radical (unpaired) electrons. The fourth-order valence-electron chi connectivity index (χ4n) is 0.121. The zero-order valence-electron chi connectivity index (χ0n) is 3.83. The molecule has 2 amide bonds. The smallest absolute Gasteiger partial charge is 0.341 e. The van der Waals surface area contributed by atoms with Gasteiger partial charge in [0.25, 0.3) is 0 Å². The highest BCUT2D eigenvalue weighted by atomic mass is 16.2. The lowest BCUT2D eigenvalue weighted by Gasteiger charge is -1.92. The first-order valence-electron chi connectivity index (χ1n) is 1.61. The average Bonchev–Trinajstić information content (AvgIpc) is 1.69. The van der Waals surface area contributed by atoms with Crippen molar-refractivity contribution in [1.29, 1.82) is 10.5 Å². The lowest BCUT2D eigenvalue weighted by atomic mass is 10.8. The van der Waals surface area contributed by atoms with Gasteiger partial charge in [-0.1, -0.05) is 0 Å². The van der Waals surface area contributed by atoms with E-state index in [4.69, 9.17) is 10.5 Å². The largest absolute Gasteiger partial charge is 0.350 e. The van der Waals surface area contributed by atoms with Crippen LogP contribution in [0.3, 0.4) is 0 Å². The van der Waals surface area contributed by atoms with Crippen molar-refractivity contribution < 1.29 is 4.79 Å². The van der Waals surface area contributed by atoms with Gasteiger partial charge in [0, 0.05) is 0 Å². The van der Waals surface area contributed by atoms with Crippen LogP contribution in [0.4, 0.5) is 4.79 Å². The quantitative estimate of drug-likeness (QED) is 0.331. The van der Waals surface area contributed by atoms with E-state index >= 15 is 0 Å². The van der Waals surface area contributed by atoms with Gasteiger partial charge in [-0.15, -0.1) is 4.90 Å². The molecule has 0 saturated heterocycles. The number of nitrogens with two attached hydrogens (primary N) is 1. The van der Waals surface area contributed by atoms with Crippen molar-refractivity contribution >= 4 is 6.03 Å². The van der Waals surface area contributed by atoms with E-state index in [0.29, 0.717) is 0 Å². The summed E-state index contributed by atoms with van der Waals surface area (Å²) in [6, 6.07) is -1.06. The summed E-state index contributed by atoms with van der Waals surface area (Å²) in [5.41, 5.74) is 4.50. The van der Waals surface area contributed by atoms with E-state index in [2.05, 4.69) is 5.73 Å². The lowest BCUT2D eigenvalue weighted by Crippen LogP contribution is -2.26. The Bertz CT molecular complexity index is 159. The highest BCUT2D eigenvalue weighted by Crippen LogP contribution is 1.75. The molecule has 0 unspecified atom stereocenters. The van der Waals surface area contributed by atoms with Gasteiger partial charge >= 0.3 is 6.03 Å². The van der Waals surface area contributed by atoms with Crippen LogP contribution in [0.2, 0.25) is 0 Å². The Balaban J connectivity index is 4.02. The Morgan fingerprint density at radius 3 is 1.88 bits per heavy atom. The Hall–Kier alpha value is -1.75. The fourth-order valence-corrected chi connectivity index (χ4v) is 0.121. The number of nitriles is 2. The molecule has 5 nitrogen and oxygen atoms in total. The number of carbonyl (C=O) groups excluding carboxylic acids is 1. The number of hydrogen-bond donors (Lipinski definition) is 1. The van der Waals surface area contributed by atoms with Crippen molar-refractivity contribution in [2.75, 3.05) is 0 Å². The molecule has 0 aliphatic carbocycles. The van der Waals surface area contributed by atoms with Crippen molar-refractivity contribution in [1.82, 2.24) is 4.90 Å². The van der Waals surface area contributed by atoms with Crippen LogP contribution in [0.25, 0.3) is 0 Å². The number of hydrogen-bond acceptors (Lipinski definition) is 3. The number of rotatable bonds is 0. The molecule has 0 fully saturated rings. The summed E-state index contributed by atoms with van der Waals surface area (Å²) in [6.45, 7) is 0. The molecular formula is C3H2N4O. The van der Waals surface area contributed by atoms with Gasteiger partial charge in [0.1, 0.15) is 0 Å². The molecule has 0 aromatic carbocycles. The van der Waals surface area contributed by atoms with Crippen molar-refractivity contribution in [3.63, 3.8) is 0 Å². The van der Waals surface area contributed by atoms with Gasteiger partial charge in [-0.05, 0) is 0 Å². The molecule has 2 N–H and O–H groups in total. The summed E-state index contributed by atoms with van der Waals surface area (Å²) in [5, 5.41) is 15.7. The molecule has 0 bridgehead atoms. The van der Waals surface area contributed by atoms with Crippen LogP contribution in [0.1, 0.15) is 0 Å². The Labute approximate surface area is 45.5 Å². The summed E-state index contributed by atoms with van der Waals surface area (Å²) in [5.74, 6) is 0. The van der Waals surface area contributed by atoms with Gasteiger partial charge in [0.15, 0.2) is 0 Å². The lowest BCUT2D eigenvalue weighted by molar-refractivity contribution is 0.238. The molecule has 8 heavy (non-hydrogen) atoms. The maximum absolute atomic E-state index is 9.86. The van der Waals surface area contributed by atoms with E-state index in [1.807, 2.05) is 0 Å². The Morgan fingerprint density at radius 2 is 1.88 bits per heavy atom. The number of nitrogens with zero attached hydrogens (tertiary/aromatic N) is 3. The summed E-state index contributed by atoms with van der Waals surface area (Å²) < 4.78 is 0. The normalized spacial score (nSPS) is 6.25. The standard InChI is InChI=1S/C3H2N4O/c4-1-7(2-5)3(6)8/h(H2,6,8). The van der Waals surface area contributed by atoms with Gasteiger partial charge in [0.05, 0.1) is 0 Å². The van der Waals surface area contributed by atoms with Crippen LogP contribution < -0.4 is 5.73 Å². The van der Waals surface area contributed by atoms with Gasteiger partial charge in [-0.2, -0.15) is 10.5 Å². The highest BCUT2D eigenvalue weighted by molar-refractivity contribution is 5.75. The summed E-state index contributed by atoms with van der Waals surface area (Å²) in [7, 11) is 0. The van der Waals surface area contributed by atoms with Gasteiger partial charge in [-0.25, -0.2) is 4.79 Å². The third-order valence-corrected chi connectivity index (χ3v) is 0.420. The zero-order valence-corrected chi connectivity index (χ0v) is 3.83. The monoisotopic (exact) mass is 110 g/mol. The second kappa shape index (κ2) is 2.43. The van der Waals surface area contributed by atoms with Gasteiger partial charge < -0.3 is 5.73 Å². The van der Waals surface area contributed by atoms with Crippen LogP contribution >= 0.6 is 0 Å². The van der Waals surface area contributed by atoms with Crippen molar-refractivity contribution in [2.24, 2.45) is 5.73 Å². The van der Waals surface area contributed by atoms with Gasteiger partial charge in [0.2, 0.25) is 12.4 Å². The molecule has 0 spiro atoms. The zero-order chi connectivity index (χ0) is 6.57. The van der Waals surface area contributed by atoms with Gasteiger partial charge in [-0.3, -0.25) is 0 Å². The summed E-state index contributed by atoms with van der Waals surface area (Å²) in [6.07, 6.45) is 2.50. The third kappa shape index (κ3) is 1.15. The molecule has 0 aliphatic heterocycles. The van der Waals surface area contributed by atoms with Crippen LogP contribution in [-0.2, 0) is 0 Å². The van der Waals surface area contributed by atoms with Crippen molar-refractivity contribution in [2.45, 2.75) is 0 Å². The van der Waals surface area contributed by atoms with E-state index in [1.165, 1.54) is 12.4 Å². The minimum atomic E-state index is -1.06. The minimum Gasteiger partial charge on any atom is -0.350 e. The van der Waals surface area contributed by atoms with E-state index in [-0.39, 0.29) is 4.90 Å². The maximum Gasteiger partial charge on any atom is 0.341 e. The van der Waals surface area contributed by atoms with E-state index in [0.717, 1.165) is 0 Å². The number of urea groups is 1. The first-order chi connectivity index (χ1) is 3.72. The number of primary amides is 1. The predicted octanol–water partition coefficient (Wildman–Crippen LogP) is -0.671. The fraction of sp³-hybridized carbons (Fsp3) is 0. The predicted molar refractivity (Wildman–Crippen MR) is 22.6 cm³/mol. The first kappa shape index (κ1) is 6.25. The van der Waals surface area contributed by atoms with Crippen LogP contribution in [0.5, 0.6) is 0 Å². The van der Waals surface area contributed by atoms with Crippen molar-refractivity contribution in [3.05, 3.63) is 0 Å². The van der Waals surface area contributed by atoms with E-state index < -0.39 is 6.03 Å². The number of amides is 2. The van der Waals surface area contributed by atoms with Crippen LogP contribution in [0, 0.1) is 22.9 Å². The molecular weight excluding hydrogens is 108 g/mol.